The van der Waals surface area contributed by atoms with Gasteiger partial charge >= 0.3 is 0 Å². The first-order valence-electron chi connectivity index (χ1n) is 7.07. The van der Waals surface area contributed by atoms with E-state index in [-0.39, 0.29) is 0 Å². The number of methoxy groups -OCH3 is 1. The molecule has 5 heteroatoms. The molecular formula is C15H24N4O. The summed E-state index contributed by atoms with van der Waals surface area (Å²) in [4.78, 5) is 6.80. The number of hydrogen-bond acceptors (Lipinski definition) is 3. The molecule has 0 atom stereocenters. The highest BCUT2D eigenvalue weighted by atomic mass is 16.5. The quantitative estimate of drug-likeness (QED) is 0.650. The van der Waals surface area contributed by atoms with Crippen molar-refractivity contribution in [1.29, 1.82) is 0 Å². The van der Waals surface area contributed by atoms with Crippen LogP contribution in [-0.2, 0) is 0 Å². The number of nitrogens with zero attached hydrogens (tertiary/aromatic N) is 2. The van der Waals surface area contributed by atoms with Crippen LogP contribution in [0.15, 0.2) is 29.3 Å². The zero-order chi connectivity index (χ0) is 14.4. The number of hydrogen-bond donors (Lipinski definition) is 2. The normalized spacial score (nSPS) is 18.0. The first kappa shape index (κ1) is 14.7. The number of benzene rings is 1. The lowest BCUT2D eigenvalue weighted by atomic mass is 9.97. The monoisotopic (exact) mass is 276 g/mol. The molecule has 1 aromatic rings. The minimum absolute atomic E-state index is 0.481. The average molecular weight is 276 g/mol. The van der Waals surface area contributed by atoms with Crippen molar-refractivity contribution in [1.82, 2.24) is 4.90 Å². The number of nitrogens with one attached hydrogen (secondary N) is 1. The van der Waals surface area contributed by atoms with Gasteiger partial charge in [0.1, 0.15) is 5.75 Å². The van der Waals surface area contributed by atoms with Crippen molar-refractivity contribution in [2.75, 3.05) is 39.1 Å². The van der Waals surface area contributed by atoms with E-state index < -0.39 is 0 Å². The summed E-state index contributed by atoms with van der Waals surface area (Å²) in [5.41, 5.74) is 6.84. The Kier molecular flexibility index (Phi) is 5.24. The second-order valence-corrected chi connectivity index (χ2v) is 5.33. The van der Waals surface area contributed by atoms with Crippen molar-refractivity contribution in [3.63, 3.8) is 0 Å². The number of likely N-dealkylation sites (tertiary alicyclic amines) is 1. The number of nitrogens with two attached hydrogens (primary N) is 1. The number of guanidine groups is 1. The predicted octanol–water partition coefficient (Wildman–Crippen LogP) is 1.76. The minimum Gasteiger partial charge on any atom is -0.497 e. The van der Waals surface area contributed by atoms with Crippen LogP contribution in [0.4, 0.5) is 5.69 Å². The Balaban J connectivity index is 1.81. The lowest BCUT2D eigenvalue weighted by molar-refractivity contribution is 0.224. The molecule has 1 aliphatic heterocycles. The molecule has 1 aliphatic rings. The third kappa shape index (κ3) is 4.42. The molecule has 0 saturated carbocycles. The maximum atomic E-state index is 5.92. The molecule has 1 saturated heterocycles. The van der Waals surface area contributed by atoms with Gasteiger partial charge in [-0.15, -0.1) is 0 Å². The first-order valence-corrected chi connectivity index (χ1v) is 7.07. The fourth-order valence-corrected chi connectivity index (χ4v) is 2.33. The molecular weight excluding hydrogens is 252 g/mol. The van der Waals surface area contributed by atoms with E-state index in [9.17, 15) is 0 Å². The molecule has 0 bridgehead atoms. The molecule has 1 aromatic carbocycles. The molecule has 2 rings (SSSR count). The van der Waals surface area contributed by atoms with Gasteiger partial charge < -0.3 is 20.7 Å². The second-order valence-electron chi connectivity index (χ2n) is 5.33. The van der Waals surface area contributed by atoms with Gasteiger partial charge in [0.2, 0.25) is 0 Å². The second kappa shape index (κ2) is 7.14. The van der Waals surface area contributed by atoms with E-state index in [1.807, 2.05) is 24.3 Å². The highest BCUT2D eigenvalue weighted by Gasteiger charge is 2.15. The van der Waals surface area contributed by atoms with Crippen molar-refractivity contribution in [2.45, 2.75) is 12.8 Å². The Hall–Kier alpha value is -1.75. The Morgan fingerprint density at radius 3 is 2.60 bits per heavy atom. The number of aliphatic imine (C=N–C) groups is 1. The number of anilines is 1. The molecule has 0 amide bonds. The van der Waals surface area contributed by atoms with Crippen LogP contribution in [0.2, 0.25) is 0 Å². The molecule has 3 N–H and O–H groups in total. The van der Waals surface area contributed by atoms with Crippen molar-refractivity contribution in [3.05, 3.63) is 24.3 Å². The van der Waals surface area contributed by atoms with Crippen molar-refractivity contribution >= 4 is 11.6 Å². The molecule has 5 nitrogen and oxygen atoms in total. The van der Waals surface area contributed by atoms with Crippen LogP contribution < -0.4 is 15.8 Å². The molecule has 110 valence electrons. The zero-order valence-electron chi connectivity index (χ0n) is 12.3. The van der Waals surface area contributed by atoms with Gasteiger partial charge in [0.05, 0.1) is 7.11 Å². The Labute approximate surface area is 120 Å². The first-order chi connectivity index (χ1) is 9.67. The van der Waals surface area contributed by atoms with Crippen LogP contribution in [0.5, 0.6) is 5.75 Å². The van der Waals surface area contributed by atoms with E-state index in [1.54, 1.807) is 7.11 Å². The van der Waals surface area contributed by atoms with Gasteiger partial charge in [-0.05, 0) is 63.2 Å². The number of rotatable bonds is 4. The van der Waals surface area contributed by atoms with Gasteiger partial charge in [0.15, 0.2) is 5.96 Å². The molecule has 0 spiro atoms. The van der Waals surface area contributed by atoms with Gasteiger partial charge in [0, 0.05) is 12.2 Å². The van der Waals surface area contributed by atoms with Crippen LogP contribution in [0, 0.1) is 5.92 Å². The molecule has 0 unspecified atom stereocenters. The Bertz CT molecular complexity index is 436. The summed E-state index contributed by atoms with van der Waals surface area (Å²) in [7, 11) is 3.82. The third-order valence-corrected chi connectivity index (χ3v) is 3.72. The topological polar surface area (TPSA) is 62.9 Å². The minimum atomic E-state index is 0.481. The highest BCUT2D eigenvalue weighted by molar-refractivity contribution is 5.92. The van der Waals surface area contributed by atoms with Crippen molar-refractivity contribution in [2.24, 2.45) is 16.6 Å². The third-order valence-electron chi connectivity index (χ3n) is 3.72. The summed E-state index contributed by atoms with van der Waals surface area (Å²) in [6, 6.07) is 7.65. The zero-order valence-corrected chi connectivity index (χ0v) is 12.3. The average Bonchev–Trinajstić information content (AvgIpc) is 2.47. The number of piperidine rings is 1. The smallest absolute Gasteiger partial charge is 0.193 e. The summed E-state index contributed by atoms with van der Waals surface area (Å²) in [6.07, 6.45) is 2.41. The lowest BCUT2D eigenvalue weighted by Crippen LogP contribution is -2.32. The largest absolute Gasteiger partial charge is 0.497 e. The molecule has 1 fully saturated rings. The highest BCUT2D eigenvalue weighted by Crippen LogP contribution is 2.17. The van der Waals surface area contributed by atoms with Crippen LogP contribution in [0.25, 0.3) is 0 Å². The summed E-state index contributed by atoms with van der Waals surface area (Å²) in [6.45, 7) is 3.13. The van der Waals surface area contributed by atoms with E-state index in [0.29, 0.717) is 11.9 Å². The van der Waals surface area contributed by atoms with Gasteiger partial charge in [0.25, 0.3) is 0 Å². The van der Waals surface area contributed by atoms with Crippen LogP contribution in [0.1, 0.15) is 12.8 Å². The Morgan fingerprint density at radius 1 is 1.35 bits per heavy atom. The standard InChI is InChI=1S/C15H24N4O/c1-19-9-7-12(8-10-19)11-17-15(16)18-13-3-5-14(20-2)6-4-13/h3-6,12H,7-11H2,1-2H3,(H3,16,17,18). The van der Waals surface area contributed by atoms with Crippen LogP contribution in [-0.4, -0.2) is 44.7 Å². The molecule has 0 radical (unpaired) electrons. The van der Waals surface area contributed by atoms with E-state index in [4.69, 9.17) is 10.5 Å². The van der Waals surface area contributed by atoms with E-state index in [0.717, 1.165) is 31.1 Å². The molecule has 1 heterocycles. The van der Waals surface area contributed by atoms with Crippen molar-refractivity contribution in [3.8, 4) is 5.75 Å². The summed E-state index contributed by atoms with van der Waals surface area (Å²) in [5, 5.41) is 3.10. The van der Waals surface area contributed by atoms with Crippen LogP contribution >= 0.6 is 0 Å². The SMILES string of the molecule is COc1ccc(NC(N)=NCC2CCN(C)CC2)cc1. The fraction of sp³-hybridized carbons (Fsp3) is 0.533. The van der Waals surface area contributed by atoms with Gasteiger partial charge in [-0.3, -0.25) is 4.99 Å². The lowest BCUT2D eigenvalue weighted by Gasteiger charge is -2.27. The summed E-state index contributed by atoms with van der Waals surface area (Å²) in [5.74, 6) is 1.97. The fourth-order valence-electron chi connectivity index (χ4n) is 2.33. The van der Waals surface area contributed by atoms with E-state index in [1.165, 1.54) is 12.8 Å². The Morgan fingerprint density at radius 2 is 2.00 bits per heavy atom. The van der Waals surface area contributed by atoms with Gasteiger partial charge in [-0.1, -0.05) is 0 Å². The molecule has 0 aromatic heterocycles. The van der Waals surface area contributed by atoms with Gasteiger partial charge in [-0.2, -0.15) is 0 Å². The van der Waals surface area contributed by atoms with E-state index in [2.05, 4.69) is 22.3 Å². The van der Waals surface area contributed by atoms with Crippen LogP contribution in [0.3, 0.4) is 0 Å². The van der Waals surface area contributed by atoms with E-state index >= 15 is 0 Å². The molecule has 0 aliphatic carbocycles. The number of ether oxygens (including phenoxy) is 1. The van der Waals surface area contributed by atoms with Crippen molar-refractivity contribution < 1.29 is 4.74 Å². The maximum absolute atomic E-state index is 5.92. The molecule has 20 heavy (non-hydrogen) atoms. The summed E-state index contributed by atoms with van der Waals surface area (Å²) >= 11 is 0. The predicted molar refractivity (Wildman–Crippen MR) is 83.3 cm³/mol. The maximum Gasteiger partial charge on any atom is 0.193 e. The van der Waals surface area contributed by atoms with Gasteiger partial charge in [-0.25, -0.2) is 0 Å². The summed E-state index contributed by atoms with van der Waals surface area (Å²) < 4.78 is 5.12.